The van der Waals surface area contributed by atoms with Crippen molar-refractivity contribution < 1.29 is 27.9 Å². The van der Waals surface area contributed by atoms with Crippen molar-refractivity contribution in [3.8, 4) is 0 Å². The summed E-state index contributed by atoms with van der Waals surface area (Å²) in [4.78, 5) is 41.7. The van der Waals surface area contributed by atoms with Crippen LogP contribution in [-0.2, 0) is 9.53 Å². The van der Waals surface area contributed by atoms with E-state index in [1.807, 2.05) is 0 Å². The SMILES string of the molecule is CC(C)(C)OC(=O)[C@](C)(N)C(=O)c1ccc(Nc2nc(N)c(C(=O)c3c(F)cccc3F)s2)cc1. The van der Waals surface area contributed by atoms with Gasteiger partial charge < -0.3 is 21.5 Å². The maximum Gasteiger partial charge on any atom is 0.334 e. The molecular weight excluding hydrogens is 478 g/mol. The topological polar surface area (TPSA) is 137 Å². The van der Waals surface area contributed by atoms with Crippen LogP contribution in [0.25, 0.3) is 0 Å². The minimum absolute atomic E-state index is 0.125. The van der Waals surface area contributed by atoms with Gasteiger partial charge >= 0.3 is 5.97 Å². The molecule has 3 rings (SSSR count). The van der Waals surface area contributed by atoms with Gasteiger partial charge in [0.25, 0.3) is 0 Å². The number of rotatable bonds is 7. The van der Waals surface area contributed by atoms with Crippen LogP contribution in [0.2, 0.25) is 0 Å². The third-order valence-electron chi connectivity index (χ3n) is 4.74. The van der Waals surface area contributed by atoms with Crippen molar-refractivity contribution in [2.75, 3.05) is 11.1 Å². The van der Waals surface area contributed by atoms with Crippen LogP contribution >= 0.6 is 11.3 Å². The maximum atomic E-state index is 14.0. The number of anilines is 3. The molecule has 0 bridgehead atoms. The van der Waals surface area contributed by atoms with Gasteiger partial charge in [-0.25, -0.2) is 18.6 Å². The minimum Gasteiger partial charge on any atom is -0.458 e. The van der Waals surface area contributed by atoms with Crippen molar-refractivity contribution in [2.24, 2.45) is 5.73 Å². The highest BCUT2D eigenvalue weighted by atomic mass is 32.1. The van der Waals surface area contributed by atoms with E-state index in [2.05, 4.69) is 10.3 Å². The molecule has 35 heavy (non-hydrogen) atoms. The molecule has 8 nitrogen and oxygen atoms in total. The summed E-state index contributed by atoms with van der Waals surface area (Å²) in [6.07, 6.45) is 0. The molecule has 0 spiro atoms. The van der Waals surface area contributed by atoms with E-state index in [0.29, 0.717) is 5.69 Å². The van der Waals surface area contributed by atoms with Crippen molar-refractivity contribution >= 4 is 45.5 Å². The molecule has 0 aliphatic heterocycles. The van der Waals surface area contributed by atoms with Crippen LogP contribution in [0.3, 0.4) is 0 Å². The van der Waals surface area contributed by atoms with Gasteiger partial charge in [-0.15, -0.1) is 0 Å². The number of nitrogens with zero attached hydrogens (tertiary/aromatic N) is 1. The molecule has 0 aliphatic rings. The van der Waals surface area contributed by atoms with Crippen LogP contribution in [0.1, 0.15) is 53.3 Å². The number of benzene rings is 2. The number of carbonyl (C=O) groups excluding carboxylic acids is 3. The first kappa shape index (κ1) is 25.9. The smallest absolute Gasteiger partial charge is 0.334 e. The van der Waals surface area contributed by atoms with E-state index in [1.165, 1.54) is 31.2 Å². The number of carbonyl (C=O) groups is 3. The van der Waals surface area contributed by atoms with Crippen LogP contribution in [0.15, 0.2) is 42.5 Å². The molecule has 11 heteroatoms. The number of nitrogens with two attached hydrogens (primary N) is 2. The second kappa shape index (κ2) is 9.51. The maximum absolute atomic E-state index is 14.0. The van der Waals surface area contributed by atoms with Crippen LogP contribution in [0.5, 0.6) is 0 Å². The lowest BCUT2D eigenvalue weighted by atomic mass is 9.92. The fraction of sp³-hybridized carbons (Fsp3) is 0.250. The number of halogens is 2. The first-order valence-corrected chi connectivity index (χ1v) is 11.2. The Balaban J connectivity index is 1.77. The summed E-state index contributed by atoms with van der Waals surface area (Å²) >= 11 is 0.820. The fourth-order valence-corrected chi connectivity index (χ4v) is 3.83. The molecule has 5 N–H and O–H groups in total. The van der Waals surface area contributed by atoms with Crippen LogP contribution in [-0.4, -0.2) is 33.7 Å². The second-order valence-electron chi connectivity index (χ2n) is 8.89. The average Bonchev–Trinajstić information content (AvgIpc) is 3.12. The van der Waals surface area contributed by atoms with Gasteiger partial charge in [-0.1, -0.05) is 17.4 Å². The first-order valence-electron chi connectivity index (χ1n) is 10.4. The summed E-state index contributed by atoms with van der Waals surface area (Å²) in [5.74, 6) is -4.59. The third kappa shape index (κ3) is 5.69. The van der Waals surface area contributed by atoms with E-state index in [-0.39, 0.29) is 21.4 Å². The largest absolute Gasteiger partial charge is 0.458 e. The predicted molar refractivity (Wildman–Crippen MR) is 129 cm³/mol. The van der Waals surface area contributed by atoms with E-state index in [9.17, 15) is 23.2 Å². The Kier molecular flexibility index (Phi) is 7.04. The molecule has 0 saturated heterocycles. The molecule has 1 aromatic heterocycles. The molecule has 0 amide bonds. The Hall–Kier alpha value is -3.70. The van der Waals surface area contributed by atoms with E-state index < -0.39 is 45.9 Å². The normalized spacial score (nSPS) is 13.1. The van der Waals surface area contributed by atoms with Crippen molar-refractivity contribution in [2.45, 2.75) is 38.8 Å². The van der Waals surface area contributed by atoms with Crippen molar-refractivity contribution in [3.63, 3.8) is 0 Å². The standard InChI is InChI=1S/C24H24F2N4O4S/c1-23(2,3)34-21(33)24(4,28)19(32)12-8-10-13(11-9-12)29-22-30-20(27)18(35-22)17(31)16-14(25)6-5-7-15(16)26/h5-11H,27-28H2,1-4H3,(H,29,30)/t24-/m1/s1. The molecule has 0 saturated carbocycles. The Morgan fingerprint density at radius 3 is 2.11 bits per heavy atom. The van der Waals surface area contributed by atoms with Gasteiger partial charge in [0, 0.05) is 11.3 Å². The number of hydrogen-bond donors (Lipinski definition) is 3. The van der Waals surface area contributed by atoms with Gasteiger partial charge in [0.1, 0.15) is 27.9 Å². The molecule has 0 fully saturated rings. The first-order chi connectivity index (χ1) is 16.2. The lowest BCUT2D eigenvalue weighted by Gasteiger charge is -2.27. The van der Waals surface area contributed by atoms with Crippen LogP contribution in [0.4, 0.5) is 25.4 Å². The molecule has 0 aliphatic carbocycles. The van der Waals surface area contributed by atoms with Gasteiger partial charge in [0.05, 0.1) is 5.56 Å². The van der Waals surface area contributed by atoms with Crippen molar-refractivity contribution in [1.82, 2.24) is 4.98 Å². The molecule has 0 radical (unpaired) electrons. The number of esters is 1. The molecule has 1 heterocycles. The zero-order chi connectivity index (χ0) is 26.1. The van der Waals surface area contributed by atoms with Crippen LogP contribution in [0, 0.1) is 11.6 Å². The Bertz CT molecular complexity index is 1280. The van der Waals surface area contributed by atoms with Crippen molar-refractivity contribution in [3.05, 3.63) is 70.1 Å². The zero-order valence-electron chi connectivity index (χ0n) is 19.4. The van der Waals surface area contributed by atoms with E-state index in [4.69, 9.17) is 16.2 Å². The molecule has 3 aromatic rings. The monoisotopic (exact) mass is 502 g/mol. The quantitative estimate of drug-likeness (QED) is 0.248. The summed E-state index contributed by atoms with van der Waals surface area (Å²) in [5.41, 5.74) is 9.03. The van der Waals surface area contributed by atoms with E-state index >= 15 is 0 Å². The number of thiazole rings is 1. The number of nitrogens with one attached hydrogen (secondary N) is 1. The van der Waals surface area contributed by atoms with Crippen molar-refractivity contribution in [1.29, 1.82) is 0 Å². The third-order valence-corrected chi connectivity index (χ3v) is 5.73. The fourth-order valence-electron chi connectivity index (χ4n) is 2.98. The molecule has 1 atom stereocenters. The van der Waals surface area contributed by atoms with Gasteiger partial charge in [-0.2, -0.15) is 0 Å². The Labute approximate surface area is 204 Å². The summed E-state index contributed by atoms with van der Waals surface area (Å²) < 4.78 is 33.2. The number of hydrogen-bond acceptors (Lipinski definition) is 9. The highest BCUT2D eigenvalue weighted by molar-refractivity contribution is 7.18. The summed E-state index contributed by atoms with van der Waals surface area (Å²) in [7, 11) is 0. The van der Waals surface area contributed by atoms with Gasteiger partial charge in [-0.3, -0.25) is 9.59 Å². The number of ketones is 2. The molecular formula is C24H24F2N4O4S. The lowest BCUT2D eigenvalue weighted by molar-refractivity contribution is -0.158. The number of aromatic nitrogens is 1. The highest BCUT2D eigenvalue weighted by Gasteiger charge is 2.40. The Morgan fingerprint density at radius 2 is 1.57 bits per heavy atom. The molecule has 184 valence electrons. The van der Waals surface area contributed by atoms with Gasteiger partial charge in [-0.05, 0) is 64.1 Å². The van der Waals surface area contributed by atoms with E-state index in [0.717, 1.165) is 29.5 Å². The lowest BCUT2D eigenvalue weighted by Crippen LogP contribution is -2.54. The number of ether oxygens (including phenoxy) is 1. The summed E-state index contributed by atoms with van der Waals surface area (Å²) in [5, 5.41) is 3.11. The molecule has 0 unspecified atom stereocenters. The van der Waals surface area contributed by atoms with Gasteiger partial charge in [0.2, 0.25) is 5.78 Å². The average molecular weight is 503 g/mol. The zero-order valence-corrected chi connectivity index (χ0v) is 20.3. The Morgan fingerprint density at radius 1 is 1.00 bits per heavy atom. The minimum atomic E-state index is -1.89. The second-order valence-corrected chi connectivity index (χ2v) is 9.89. The van der Waals surface area contributed by atoms with Crippen LogP contribution < -0.4 is 16.8 Å². The molecule has 2 aromatic carbocycles. The van der Waals surface area contributed by atoms with E-state index in [1.54, 1.807) is 20.8 Å². The highest BCUT2D eigenvalue weighted by Crippen LogP contribution is 2.31. The summed E-state index contributed by atoms with van der Waals surface area (Å²) in [6, 6.07) is 9.09. The summed E-state index contributed by atoms with van der Waals surface area (Å²) in [6.45, 7) is 6.29. The van der Waals surface area contributed by atoms with Gasteiger partial charge in [0.15, 0.2) is 16.5 Å². The predicted octanol–water partition coefficient (Wildman–Crippen LogP) is 4.22. The number of Topliss-reactive ketones (excluding diaryl/α,β-unsaturated/α-hetero) is 1. The number of nitrogen functional groups attached to an aromatic ring is 1.